The van der Waals surface area contributed by atoms with Crippen molar-refractivity contribution in [3.05, 3.63) is 35.5 Å². The van der Waals surface area contributed by atoms with E-state index in [-0.39, 0.29) is 23.7 Å². The smallest absolute Gasteiger partial charge is 0.272 e. The lowest BCUT2D eigenvalue weighted by atomic mass is 9.50. The second-order valence-electron chi connectivity index (χ2n) is 7.93. The van der Waals surface area contributed by atoms with Gasteiger partial charge in [0.05, 0.1) is 18.0 Å². The number of amides is 1. The first-order chi connectivity index (χ1) is 12.2. The summed E-state index contributed by atoms with van der Waals surface area (Å²) in [5, 5.41) is 7.91. The summed E-state index contributed by atoms with van der Waals surface area (Å²) in [4.78, 5) is 21.5. The molecule has 3 saturated carbocycles. The predicted molar refractivity (Wildman–Crippen MR) is 87.2 cm³/mol. The number of hydrogen-bond donors (Lipinski definition) is 1. The van der Waals surface area contributed by atoms with Crippen LogP contribution in [0.3, 0.4) is 0 Å². The highest BCUT2D eigenvalue weighted by Crippen LogP contribution is 2.57. The van der Waals surface area contributed by atoms with Gasteiger partial charge in [-0.2, -0.15) is 5.10 Å². The first-order valence-corrected chi connectivity index (χ1v) is 9.07. The number of carbonyl (C=O) groups excluding carboxylic acids is 1. The van der Waals surface area contributed by atoms with Gasteiger partial charge in [0.25, 0.3) is 5.91 Å². The fraction of sp³-hybridized carbons (Fsp3) is 0.556. The maximum atomic E-state index is 13.0. The lowest BCUT2D eigenvalue weighted by Gasteiger charge is -2.61. The molecule has 128 valence electrons. The molecule has 0 spiro atoms. The van der Waals surface area contributed by atoms with E-state index in [0.29, 0.717) is 11.5 Å². The van der Waals surface area contributed by atoms with Crippen LogP contribution in [0, 0.1) is 5.92 Å². The zero-order chi connectivity index (χ0) is 16.6. The van der Waals surface area contributed by atoms with Gasteiger partial charge in [0, 0.05) is 29.9 Å². The fourth-order valence-corrected chi connectivity index (χ4v) is 4.97. The summed E-state index contributed by atoms with van der Waals surface area (Å²) in [6, 6.07) is 0. The van der Waals surface area contributed by atoms with Crippen molar-refractivity contribution in [2.75, 3.05) is 0 Å². The highest BCUT2D eigenvalue weighted by atomic mass is 16.5. The Morgan fingerprint density at radius 2 is 2.16 bits per heavy atom. The summed E-state index contributed by atoms with van der Waals surface area (Å²) in [7, 11) is 0. The third-order valence-corrected chi connectivity index (χ3v) is 6.27. The van der Waals surface area contributed by atoms with E-state index in [1.165, 1.54) is 0 Å². The van der Waals surface area contributed by atoms with E-state index in [4.69, 9.17) is 4.74 Å². The fourth-order valence-electron chi connectivity index (χ4n) is 4.97. The van der Waals surface area contributed by atoms with Gasteiger partial charge in [0.15, 0.2) is 11.5 Å². The number of ether oxygens (including phenoxy) is 1. The molecule has 0 aromatic carbocycles. The zero-order valence-corrected chi connectivity index (χ0v) is 13.8. The number of nitrogens with zero attached hydrogens (tertiary/aromatic N) is 4. The van der Waals surface area contributed by atoms with E-state index in [1.807, 2.05) is 0 Å². The van der Waals surface area contributed by atoms with Gasteiger partial charge in [-0.25, -0.2) is 9.67 Å². The summed E-state index contributed by atoms with van der Waals surface area (Å²) in [5.74, 6) is 1.42. The van der Waals surface area contributed by atoms with Crippen molar-refractivity contribution in [3.8, 4) is 5.82 Å². The van der Waals surface area contributed by atoms with Crippen molar-refractivity contribution in [1.29, 1.82) is 0 Å². The number of hydrogen-bond acceptors (Lipinski definition) is 5. The Bertz CT molecular complexity index is 860. The van der Waals surface area contributed by atoms with E-state index in [1.54, 1.807) is 23.3 Å². The summed E-state index contributed by atoms with van der Waals surface area (Å²) >= 11 is 0. The molecular weight excluding hydrogens is 318 g/mol. The molecule has 7 rings (SSSR count). The molecule has 1 N–H and O–H groups in total. The standard InChI is InChI=1S/C18H19N5O2/c24-17(21-18-6-10(7-18)8-18)15-12-5-11-1-2-13(25-11)16(12)23(22-15)14-9-19-3-4-20-14/h3-4,9-11,13H,1-2,5-8H2,(H,21,24). The van der Waals surface area contributed by atoms with Crippen LogP contribution in [0.25, 0.3) is 5.82 Å². The number of carbonyl (C=O) groups is 1. The average molecular weight is 337 g/mol. The minimum atomic E-state index is -0.0432. The zero-order valence-electron chi connectivity index (χ0n) is 13.8. The van der Waals surface area contributed by atoms with Gasteiger partial charge < -0.3 is 10.1 Å². The van der Waals surface area contributed by atoms with Crippen molar-refractivity contribution in [2.45, 2.75) is 56.3 Å². The van der Waals surface area contributed by atoms with Crippen LogP contribution in [0.15, 0.2) is 18.6 Å². The van der Waals surface area contributed by atoms with Gasteiger partial charge in [0.2, 0.25) is 0 Å². The van der Waals surface area contributed by atoms with Crippen LogP contribution in [-0.4, -0.2) is 37.3 Å². The molecule has 0 radical (unpaired) electrons. The van der Waals surface area contributed by atoms with E-state index < -0.39 is 0 Å². The van der Waals surface area contributed by atoms with Crippen molar-refractivity contribution in [1.82, 2.24) is 25.1 Å². The third-order valence-electron chi connectivity index (χ3n) is 6.27. The second kappa shape index (κ2) is 4.66. The molecule has 1 saturated heterocycles. The average Bonchev–Trinajstić information content (AvgIpc) is 3.13. The Morgan fingerprint density at radius 1 is 1.28 bits per heavy atom. The Labute approximate surface area is 144 Å². The lowest BCUT2D eigenvalue weighted by Crippen LogP contribution is -2.68. The number of rotatable bonds is 3. The third kappa shape index (κ3) is 1.90. The van der Waals surface area contributed by atoms with Gasteiger partial charge in [-0.3, -0.25) is 9.78 Å². The largest absolute Gasteiger partial charge is 0.368 e. The van der Waals surface area contributed by atoms with Crippen LogP contribution < -0.4 is 5.32 Å². The van der Waals surface area contributed by atoms with E-state index in [0.717, 1.165) is 55.7 Å². The topological polar surface area (TPSA) is 81.9 Å². The number of fused-ring (bicyclic) bond motifs is 4. The molecular formula is C18H19N5O2. The van der Waals surface area contributed by atoms with Crippen molar-refractivity contribution in [2.24, 2.45) is 5.92 Å². The molecule has 2 aliphatic heterocycles. The van der Waals surface area contributed by atoms with Gasteiger partial charge in [-0.1, -0.05) is 0 Å². The Morgan fingerprint density at radius 3 is 2.88 bits per heavy atom. The van der Waals surface area contributed by atoms with Crippen LogP contribution in [0.4, 0.5) is 0 Å². The molecule has 4 bridgehead atoms. The predicted octanol–water partition coefficient (Wildman–Crippen LogP) is 1.72. The van der Waals surface area contributed by atoms with Gasteiger partial charge in [0.1, 0.15) is 6.10 Å². The van der Waals surface area contributed by atoms with Crippen LogP contribution in [0.5, 0.6) is 0 Å². The maximum absolute atomic E-state index is 13.0. The summed E-state index contributed by atoms with van der Waals surface area (Å²) in [6.45, 7) is 0. The molecule has 2 aromatic heterocycles. The van der Waals surface area contributed by atoms with Crippen LogP contribution >= 0.6 is 0 Å². The van der Waals surface area contributed by atoms with Crippen LogP contribution in [0.2, 0.25) is 0 Å². The molecule has 4 heterocycles. The molecule has 4 fully saturated rings. The minimum Gasteiger partial charge on any atom is -0.368 e. The van der Waals surface area contributed by atoms with E-state index >= 15 is 0 Å². The Kier molecular flexibility index (Phi) is 2.60. The normalized spacial score (nSPS) is 34.0. The summed E-state index contributed by atoms with van der Waals surface area (Å²) in [5.41, 5.74) is 2.62. The van der Waals surface area contributed by atoms with Crippen LogP contribution in [-0.2, 0) is 11.2 Å². The molecule has 5 aliphatic rings. The quantitative estimate of drug-likeness (QED) is 0.922. The van der Waals surface area contributed by atoms with E-state index in [9.17, 15) is 4.79 Å². The van der Waals surface area contributed by atoms with E-state index in [2.05, 4.69) is 20.4 Å². The first kappa shape index (κ1) is 13.9. The molecule has 25 heavy (non-hydrogen) atoms. The Hall–Kier alpha value is -2.28. The second-order valence-corrected chi connectivity index (χ2v) is 7.93. The first-order valence-electron chi connectivity index (χ1n) is 9.07. The number of aromatic nitrogens is 4. The van der Waals surface area contributed by atoms with Gasteiger partial charge >= 0.3 is 0 Å². The number of nitrogens with one attached hydrogen (secondary N) is 1. The van der Waals surface area contributed by atoms with Gasteiger partial charge in [-0.15, -0.1) is 0 Å². The Balaban J connectivity index is 1.44. The molecule has 3 aliphatic carbocycles. The molecule has 7 heteroatoms. The molecule has 2 aromatic rings. The lowest BCUT2D eigenvalue weighted by molar-refractivity contribution is -0.0440. The molecule has 2 atom stereocenters. The minimum absolute atomic E-state index is 0.000227. The van der Waals surface area contributed by atoms with Crippen molar-refractivity contribution >= 4 is 5.91 Å². The SMILES string of the molecule is O=C(NC12CC(C1)C2)c1nn(-c2cnccn2)c2c1CC1CCC2O1. The van der Waals surface area contributed by atoms with Crippen molar-refractivity contribution < 1.29 is 9.53 Å². The summed E-state index contributed by atoms with van der Waals surface area (Å²) < 4.78 is 7.85. The highest BCUT2D eigenvalue weighted by molar-refractivity contribution is 5.95. The highest BCUT2D eigenvalue weighted by Gasteiger charge is 2.57. The maximum Gasteiger partial charge on any atom is 0.272 e. The van der Waals surface area contributed by atoms with Crippen LogP contribution in [0.1, 0.15) is 60.0 Å². The molecule has 7 nitrogen and oxygen atoms in total. The van der Waals surface area contributed by atoms with Crippen molar-refractivity contribution in [3.63, 3.8) is 0 Å². The molecule has 2 unspecified atom stereocenters. The monoisotopic (exact) mass is 337 g/mol. The summed E-state index contributed by atoms with van der Waals surface area (Å²) in [6.07, 6.45) is 11.3. The molecule has 1 amide bonds. The van der Waals surface area contributed by atoms with Gasteiger partial charge in [-0.05, 0) is 38.0 Å².